The fraction of sp³-hybridized carbons (Fsp3) is 0.267. The molecule has 196 valence electrons. The minimum absolute atomic E-state index is 0.0806. The number of hydrogen-bond acceptors (Lipinski definition) is 5. The van der Waals surface area contributed by atoms with E-state index in [2.05, 4.69) is 53.8 Å². The third-order valence-electron chi connectivity index (χ3n) is 6.28. The van der Waals surface area contributed by atoms with Crippen molar-refractivity contribution in [1.29, 1.82) is 0 Å². The summed E-state index contributed by atoms with van der Waals surface area (Å²) in [6.45, 7) is 10.4. The number of aromatic nitrogens is 1. The van der Waals surface area contributed by atoms with Crippen molar-refractivity contribution in [3.05, 3.63) is 89.8 Å². The summed E-state index contributed by atoms with van der Waals surface area (Å²) in [7, 11) is 1.54. The summed E-state index contributed by atoms with van der Waals surface area (Å²) in [6, 6.07) is 16.0. The molecule has 1 aromatic heterocycles. The van der Waals surface area contributed by atoms with Crippen LogP contribution in [0.3, 0.4) is 0 Å². The Morgan fingerprint density at radius 1 is 0.947 bits per heavy atom. The number of urea groups is 1. The summed E-state index contributed by atoms with van der Waals surface area (Å²) in [4.78, 5) is 33.7. The zero-order chi connectivity index (χ0) is 27.5. The first-order chi connectivity index (χ1) is 18.0. The average Bonchev–Trinajstić information content (AvgIpc) is 3.23. The minimum Gasteiger partial charge on any atom is -0.457 e. The molecule has 2 heterocycles. The molecule has 3 N–H and O–H groups in total. The molecule has 3 aromatic rings. The Morgan fingerprint density at radius 3 is 2.32 bits per heavy atom. The third-order valence-corrected chi connectivity index (χ3v) is 6.28. The molecule has 0 fully saturated rings. The number of pyridine rings is 1. The van der Waals surface area contributed by atoms with Crippen LogP contribution in [-0.4, -0.2) is 29.7 Å². The number of nitrogens with zero attached hydrogens (tertiary/aromatic N) is 2. The van der Waals surface area contributed by atoms with Crippen molar-refractivity contribution in [2.45, 2.75) is 45.6 Å². The summed E-state index contributed by atoms with van der Waals surface area (Å²) >= 11 is 0. The van der Waals surface area contributed by atoms with Gasteiger partial charge in [-0.3, -0.25) is 14.8 Å². The maximum absolute atomic E-state index is 13.0. The van der Waals surface area contributed by atoms with E-state index in [0.29, 0.717) is 22.9 Å². The second-order valence-corrected chi connectivity index (χ2v) is 10.4. The molecule has 1 unspecified atom stereocenters. The number of allylic oxidation sites excluding steroid dienone is 1. The van der Waals surface area contributed by atoms with Gasteiger partial charge in [-0.25, -0.2) is 4.79 Å². The lowest BCUT2D eigenvalue weighted by Gasteiger charge is -2.27. The fourth-order valence-electron chi connectivity index (χ4n) is 4.18. The Morgan fingerprint density at radius 2 is 1.68 bits per heavy atom. The van der Waals surface area contributed by atoms with Gasteiger partial charge in [0, 0.05) is 42.0 Å². The van der Waals surface area contributed by atoms with E-state index in [1.807, 2.05) is 32.1 Å². The van der Waals surface area contributed by atoms with Crippen LogP contribution in [0.4, 0.5) is 16.2 Å². The molecule has 0 radical (unpaired) electrons. The van der Waals surface area contributed by atoms with E-state index in [1.54, 1.807) is 43.4 Å². The predicted molar refractivity (Wildman–Crippen MR) is 152 cm³/mol. The number of amides is 3. The van der Waals surface area contributed by atoms with Crippen molar-refractivity contribution in [1.82, 2.24) is 10.3 Å². The molecule has 4 rings (SSSR count). The summed E-state index contributed by atoms with van der Waals surface area (Å²) in [5, 5.41) is 8.46. The molecule has 2 aromatic carbocycles. The zero-order valence-corrected chi connectivity index (χ0v) is 22.5. The molecule has 1 aliphatic heterocycles. The molecule has 0 saturated carbocycles. The largest absolute Gasteiger partial charge is 0.457 e. The smallest absolute Gasteiger partial charge is 0.323 e. The van der Waals surface area contributed by atoms with E-state index < -0.39 is 5.54 Å². The number of carbonyl (C=O) groups is 2. The first kappa shape index (κ1) is 26.6. The summed E-state index contributed by atoms with van der Waals surface area (Å²) in [5.74, 6) is 0.743. The second kappa shape index (κ2) is 10.5. The molecular formula is C30H33N5O3. The lowest BCUT2D eigenvalue weighted by Crippen LogP contribution is -2.24. The van der Waals surface area contributed by atoms with Crippen LogP contribution in [0.2, 0.25) is 0 Å². The highest BCUT2D eigenvalue weighted by molar-refractivity contribution is 6.01. The quantitative estimate of drug-likeness (QED) is 0.355. The maximum Gasteiger partial charge on any atom is 0.323 e. The molecular weight excluding hydrogens is 478 g/mol. The summed E-state index contributed by atoms with van der Waals surface area (Å²) in [6.07, 6.45) is 5.56. The van der Waals surface area contributed by atoms with E-state index in [4.69, 9.17) is 9.73 Å². The molecule has 0 aliphatic carbocycles. The van der Waals surface area contributed by atoms with Gasteiger partial charge in [0.05, 0.1) is 0 Å². The van der Waals surface area contributed by atoms with Gasteiger partial charge in [0.25, 0.3) is 5.91 Å². The lowest BCUT2D eigenvalue weighted by atomic mass is 9.83. The van der Waals surface area contributed by atoms with Crippen LogP contribution >= 0.6 is 0 Å². The Balaban J connectivity index is 1.49. The van der Waals surface area contributed by atoms with Crippen molar-refractivity contribution in [3.8, 4) is 11.5 Å². The molecule has 1 aliphatic rings. The molecule has 8 nitrogen and oxygen atoms in total. The van der Waals surface area contributed by atoms with Gasteiger partial charge >= 0.3 is 6.03 Å². The standard InChI is InChI=1S/C30H33N5O3/c1-19-13-15-30(5,35-19)24-12-7-20(29(2,3)4)17-25(24)34-28(37)33-21-8-10-22(11-9-21)38-23-14-16-32-26(18-23)27(36)31-6/h7-18H,1-6H3,(H,31,36)(H2,33,34,37). The second-order valence-electron chi connectivity index (χ2n) is 10.4. The highest BCUT2D eigenvalue weighted by Gasteiger charge is 2.30. The number of carbonyl (C=O) groups excluding carboxylic acids is 2. The zero-order valence-electron chi connectivity index (χ0n) is 22.5. The lowest BCUT2D eigenvalue weighted by molar-refractivity contribution is 0.0957. The van der Waals surface area contributed by atoms with Gasteiger partial charge in [0.15, 0.2) is 0 Å². The Labute approximate surface area is 223 Å². The van der Waals surface area contributed by atoms with Gasteiger partial charge < -0.3 is 20.7 Å². The SMILES string of the molecule is CNC(=O)c1cc(Oc2ccc(NC(=O)Nc3cc(C(C)(C)C)ccc3C3(C)C=CC(C)=N3)cc2)ccn1. The van der Waals surface area contributed by atoms with Crippen LogP contribution in [0.5, 0.6) is 11.5 Å². The first-order valence-electron chi connectivity index (χ1n) is 12.4. The molecule has 38 heavy (non-hydrogen) atoms. The molecule has 3 amide bonds. The summed E-state index contributed by atoms with van der Waals surface area (Å²) < 4.78 is 5.84. The first-order valence-corrected chi connectivity index (χ1v) is 12.4. The van der Waals surface area contributed by atoms with Gasteiger partial charge in [-0.1, -0.05) is 39.0 Å². The highest BCUT2D eigenvalue weighted by Crippen LogP contribution is 2.38. The number of nitrogens with one attached hydrogen (secondary N) is 3. The van der Waals surface area contributed by atoms with Crippen molar-refractivity contribution >= 4 is 29.0 Å². The molecule has 0 spiro atoms. The van der Waals surface area contributed by atoms with Gasteiger partial charge in [-0.15, -0.1) is 0 Å². The number of rotatable bonds is 6. The topological polar surface area (TPSA) is 105 Å². The maximum atomic E-state index is 13.0. The Bertz CT molecular complexity index is 1420. The number of anilines is 2. The van der Waals surface area contributed by atoms with Crippen molar-refractivity contribution in [2.24, 2.45) is 4.99 Å². The van der Waals surface area contributed by atoms with Crippen LogP contribution in [0.25, 0.3) is 0 Å². The average molecular weight is 512 g/mol. The fourth-order valence-corrected chi connectivity index (χ4v) is 4.18. The highest BCUT2D eigenvalue weighted by atomic mass is 16.5. The molecule has 1 atom stereocenters. The van der Waals surface area contributed by atoms with Crippen molar-refractivity contribution in [2.75, 3.05) is 17.7 Å². The number of ether oxygens (including phenoxy) is 1. The van der Waals surface area contributed by atoms with E-state index in [0.717, 1.165) is 16.8 Å². The van der Waals surface area contributed by atoms with Gasteiger partial charge in [0.1, 0.15) is 22.7 Å². The molecule has 0 bridgehead atoms. The van der Waals surface area contributed by atoms with Gasteiger partial charge in [-0.2, -0.15) is 0 Å². The predicted octanol–water partition coefficient (Wildman–Crippen LogP) is 6.42. The van der Waals surface area contributed by atoms with Crippen molar-refractivity contribution < 1.29 is 14.3 Å². The Kier molecular flexibility index (Phi) is 7.35. The van der Waals surface area contributed by atoms with Crippen LogP contribution in [0, 0.1) is 0 Å². The van der Waals surface area contributed by atoms with Gasteiger partial charge in [-0.05, 0) is 67.3 Å². The third kappa shape index (κ3) is 6.08. The number of benzene rings is 2. The van der Waals surface area contributed by atoms with E-state index in [-0.39, 0.29) is 23.0 Å². The van der Waals surface area contributed by atoms with Gasteiger partial charge in [0.2, 0.25) is 0 Å². The monoisotopic (exact) mass is 511 g/mol. The normalized spacial score (nSPS) is 16.5. The minimum atomic E-state index is -0.549. The van der Waals surface area contributed by atoms with Crippen LogP contribution in [0.15, 0.2) is 77.9 Å². The van der Waals surface area contributed by atoms with E-state index in [1.165, 1.54) is 6.20 Å². The number of aliphatic imine (C=N–C) groups is 1. The molecule has 0 saturated heterocycles. The molecule has 8 heteroatoms. The van der Waals surface area contributed by atoms with Crippen LogP contribution in [-0.2, 0) is 11.0 Å². The van der Waals surface area contributed by atoms with E-state index >= 15 is 0 Å². The van der Waals surface area contributed by atoms with Crippen LogP contribution in [0.1, 0.15) is 56.2 Å². The number of hydrogen-bond donors (Lipinski definition) is 3. The Hall–Kier alpha value is -4.46. The van der Waals surface area contributed by atoms with Crippen molar-refractivity contribution in [3.63, 3.8) is 0 Å². The van der Waals surface area contributed by atoms with Crippen LogP contribution < -0.4 is 20.7 Å². The summed E-state index contributed by atoms with van der Waals surface area (Å²) in [5.41, 5.74) is 3.93. The van der Waals surface area contributed by atoms with E-state index in [9.17, 15) is 9.59 Å².